The first-order chi connectivity index (χ1) is 10.7. The monoisotopic (exact) mass is 320 g/mol. The molecule has 0 radical (unpaired) electrons. The van der Waals surface area contributed by atoms with Crippen molar-refractivity contribution in [2.45, 2.75) is 44.6 Å². The van der Waals surface area contributed by atoms with Crippen LogP contribution in [0.15, 0.2) is 35.3 Å². The van der Waals surface area contributed by atoms with Gasteiger partial charge in [-0.2, -0.15) is 0 Å². The van der Waals surface area contributed by atoms with Crippen molar-refractivity contribution in [3.05, 3.63) is 30.3 Å². The Balaban J connectivity index is 2.09. The minimum atomic E-state index is -0.758. The number of aliphatic carboxylic acids is 1. The Labute approximate surface area is 136 Å². The van der Waals surface area contributed by atoms with Crippen LogP contribution in [0.25, 0.3) is 0 Å². The number of thioether (sulfide) groups is 1. The number of hydrogen-bond donors (Lipinski definition) is 1. The van der Waals surface area contributed by atoms with Gasteiger partial charge < -0.3 is 10.0 Å². The third kappa shape index (κ3) is 5.37. The molecule has 1 aliphatic rings. The number of amidine groups is 1. The lowest BCUT2D eigenvalue weighted by Crippen LogP contribution is -2.37. The zero-order chi connectivity index (χ0) is 15.8. The number of para-hydroxylation sites is 1. The molecule has 0 saturated heterocycles. The molecule has 1 N–H and O–H groups in total. The standard InChI is InChI=1S/C17H24N2O2S/c1-19(15-10-6-3-7-11-15)17(22-13-12-16(20)21)18-14-8-4-2-5-9-14/h2,4-5,8-9,15H,3,6-7,10-13H2,1H3,(H,20,21). The maximum absolute atomic E-state index is 10.7. The molecule has 0 bridgehead atoms. The Kier molecular flexibility index (Phi) is 6.77. The molecule has 0 aromatic heterocycles. The van der Waals surface area contributed by atoms with Crippen molar-refractivity contribution in [1.82, 2.24) is 4.90 Å². The molecule has 120 valence electrons. The van der Waals surface area contributed by atoms with Crippen LogP contribution in [-0.4, -0.2) is 40.0 Å². The number of benzene rings is 1. The van der Waals surface area contributed by atoms with Gasteiger partial charge in [-0.25, -0.2) is 4.99 Å². The minimum Gasteiger partial charge on any atom is -0.481 e. The van der Waals surface area contributed by atoms with Crippen LogP contribution in [0.2, 0.25) is 0 Å². The van der Waals surface area contributed by atoms with Gasteiger partial charge in [-0.05, 0) is 25.0 Å². The Morgan fingerprint density at radius 3 is 2.59 bits per heavy atom. The van der Waals surface area contributed by atoms with E-state index in [1.54, 1.807) is 11.8 Å². The maximum atomic E-state index is 10.7. The average molecular weight is 320 g/mol. The summed E-state index contributed by atoms with van der Waals surface area (Å²) >= 11 is 1.54. The van der Waals surface area contributed by atoms with E-state index < -0.39 is 5.97 Å². The van der Waals surface area contributed by atoms with Crippen molar-refractivity contribution in [2.75, 3.05) is 12.8 Å². The topological polar surface area (TPSA) is 52.9 Å². The predicted octanol–water partition coefficient (Wildman–Crippen LogP) is 4.15. The van der Waals surface area contributed by atoms with Gasteiger partial charge in [-0.1, -0.05) is 49.2 Å². The number of hydrogen-bond acceptors (Lipinski definition) is 3. The Hall–Kier alpha value is -1.49. The van der Waals surface area contributed by atoms with Crippen molar-refractivity contribution < 1.29 is 9.90 Å². The second-order valence-electron chi connectivity index (χ2n) is 5.62. The highest BCUT2D eigenvalue weighted by Crippen LogP contribution is 2.26. The fourth-order valence-electron chi connectivity index (χ4n) is 2.68. The quantitative estimate of drug-likeness (QED) is 0.654. The molecular formula is C17H24N2O2S. The van der Waals surface area contributed by atoms with E-state index in [4.69, 9.17) is 10.1 Å². The summed E-state index contributed by atoms with van der Waals surface area (Å²) in [5.74, 6) is -0.204. The zero-order valence-corrected chi connectivity index (χ0v) is 13.9. The molecule has 1 aromatic carbocycles. The van der Waals surface area contributed by atoms with Gasteiger partial charge in [0.1, 0.15) is 0 Å². The lowest BCUT2D eigenvalue weighted by atomic mass is 9.95. The number of carboxylic acids is 1. The minimum absolute atomic E-state index is 0.164. The molecule has 0 atom stereocenters. The van der Waals surface area contributed by atoms with Crippen molar-refractivity contribution >= 4 is 28.6 Å². The van der Waals surface area contributed by atoms with Crippen LogP contribution in [0.3, 0.4) is 0 Å². The lowest BCUT2D eigenvalue weighted by Gasteiger charge is -2.33. The van der Waals surface area contributed by atoms with E-state index in [-0.39, 0.29) is 6.42 Å². The average Bonchev–Trinajstić information content (AvgIpc) is 2.55. The summed E-state index contributed by atoms with van der Waals surface area (Å²) in [6.45, 7) is 0. The first-order valence-corrected chi connectivity index (χ1v) is 8.86. The molecule has 1 aromatic rings. The normalized spacial score (nSPS) is 16.5. The molecule has 4 nitrogen and oxygen atoms in total. The van der Waals surface area contributed by atoms with Gasteiger partial charge >= 0.3 is 5.97 Å². The van der Waals surface area contributed by atoms with Gasteiger partial charge in [-0.3, -0.25) is 4.79 Å². The van der Waals surface area contributed by atoms with Crippen LogP contribution in [0.1, 0.15) is 38.5 Å². The van der Waals surface area contributed by atoms with Gasteiger partial charge in [0.25, 0.3) is 0 Å². The van der Waals surface area contributed by atoms with E-state index in [9.17, 15) is 4.79 Å². The fourth-order valence-corrected chi connectivity index (χ4v) is 3.66. The van der Waals surface area contributed by atoms with Gasteiger partial charge in [-0.15, -0.1) is 0 Å². The smallest absolute Gasteiger partial charge is 0.304 e. The Morgan fingerprint density at radius 2 is 1.95 bits per heavy atom. The third-order valence-electron chi connectivity index (χ3n) is 3.95. The summed E-state index contributed by atoms with van der Waals surface area (Å²) in [7, 11) is 2.09. The molecule has 1 fully saturated rings. The number of carboxylic acid groups (broad SMARTS) is 1. The highest BCUT2D eigenvalue weighted by Gasteiger charge is 2.21. The lowest BCUT2D eigenvalue weighted by molar-refractivity contribution is -0.136. The summed E-state index contributed by atoms with van der Waals surface area (Å²) < 4.78 is 0. The van der Waals surface area contributed by atoms with E-state index in [0.29, 0.717) is 11.8 Å². The van der Waals surface area contributed by atoms with Crippen LogP contribution >= 0.6 is 11.8 Å². The van der Waals surface area contributed by atoms with Gasteiger partial charge in [0.05, 0.1) is 12.1 Å². The summed E-state index contributed by atoms with van der Waals surface area (Å²) in [6, 6.07) is 10.4. The number of carbonyl (C=O) groups is 1. The number of rotatable bonds is 5. The van der Waals surface area contributed by atoms with E-state index in [2.05, 4.69) is 11.9 Å². The molecule has 1 aliphatic carbocycles. The summed E-state index contributed by atoms with van der Waals surface area (Å²) in [4.78, 5) is 17.7. The highest BCUT2D eigenvalue weighted by atomic mass is 32.2. The van der Waals surface area contributed by atoms with Crippen LogP contribution in [-0.2, 0) is 4.79 Å². The fraction of sp³-hybridized carbons (Fsp3) is 0.529. The molecule has 0 aliphatic heterocycles. The van der Waals surface area contributed by atoms with Crippen LogP contribution < -0.4 is 0 Å². The van der Waals surface area contributed by atoms with Crippen LogP contribution in [0.4, 0.5) is 5.69 Å². The van der Waals surface area contributed by atoms with E-state index >= 15 is 0 Å². The van der Waals surface area contributed by atoms with Crippen molar-refractivity contribution in [2.24, 2.45) is 4.99 Å². The first kappa shape index (κ1) is 16.9. The Bertz CT molecular complexity index is 499. The van der Waals surface area contributed by atoms with Crippen LogP contribution in [0, 0.1) is 0 Å². The molecule has 0 heterocycles. The second-order valence-corrected chi connectivity index (χ2v) is 6.69. The second kappa shape index (κ2) is 8.83. The van der Waals surface area contributed by atoms with Crippen molar-refractivity contribution in [1.29, 1.82) is 0 Å². The van der Waals surface area contributed by atoms with E-state index in [1.165, 1.54) is 32.1 Å². The molecular weight excluding hydrogens is 296 g/mol. The van der Waals surface area contributed by atoms with Gasteiger partial charge in [0, 0.05) is 18.8 Å². The summed E-state index contributed by atoms with van der Waals surface area (Å²) in [5.41, 5.74) is 0.919. The molecule has 0 unspecified atom stereocenters. The SMILES string of the molecule is CN(C(=Nc1ccccc1)SCCC(=O)O)C1CCCCC1. The van der Waals surface area contributed by atoms with E-state index in [1.807, 2.05) is 30.3 Å². The first-order valence-electron chi connectivity index (χ1n) is 7.88. The van der Waals surface area contributed by atoms with E-state index in [0.717, 1.165) is 10.9 Å². The molecule has 22 heavy (non-hydrogen) atoms. The number of nitrogens with zero attached hydrogens (tertiary/aromatic N) is 2. The largest absolute Gasteiger partial charge is 0.481 e. The zero-order valence-electron chi connectivity index (χ0n) is 13.1. The molecule has 0 amide bonds. The third-order valence-corrected chi connectivity index (χ3v) is 5.00. The summed E-state index contributed by atoms with van der Waals surface area (Å²) in [6.07, 6.45) is 6.42. The van der Waals surface area contributed by atoms with Crippen molar-refractivity contribution in [3.8, 4) is 0 Å². The molecule has 0 spiro atoms. The van der Waals surface area contributed by atoms with Gasteiger partial charge in [0.2, 0.25) is 0 Å². The molecule has 1 saturated carbocycles. The van der Waals surface area contributed by atoms with Crippen LogP contribution in [0.5, 0.6) is 0 Å². The van der Waals surface area contributed by atoms with Gasteiger partial charge in [0.15, 0.2) is 5.17 Å². The molecule has 2 rings (SSSR count). The Morgan fingerprint density at radius 1 is 1.27 bits per heavy atom. The maximum Gasteiger partial charge on any atom is 0.304 e. The van der Waals surface area contributed by atoms with Crippen molar-refractivity contribution in [3.63, 3.8) is 0 Å². The highest BCUT2D eigenvalue weighted by molar-refractivity contribution is 8.13. The summed E-state index contributed by atoms with van der Waals surface area (Å²) in [5, 5.41) is 9.77. The number of aliphatic imine (C=N–C) groups is 1. The predicted molar refractivity (Wildman–Crippen MR) is 92.9 cm³/mol. The molecule has 5 heteroatoms.